The van der Waals surface area contributed by atoms with Crippen LogP contribution in [0.25, 0.3) is 0 Å². The van der Waals surface area contributed by atoms with Gasteiger partial charge in [-0.1, -0.05) is 23.7 Å². The third-order valence-electron chi connectivity index (χ3n) is 4.79. The minimum absolute atomic E-state index is 0. The van der Waals surface area contributed by atoms with E-state index in [-0.39, 0.29) is 30.0 Å². The number of guanidine groups is 1. The predicted molar refractivity (Wildman–Crippen MR) is 115 cm³/mol. The van der Waals surface area contributed by atoms with Crippen LogP contribution in [0.5, 0.6) is 0 Å². The van der Waals surface area contributed by atoms with Gasteiger partial charge in [-0.25, -0.2) is 15.0 Å². The van der Waals surface area contributed by atoms with Crippen LogP contribution in [0.1, 0.15) is 17.9 Å². The van der Waals surface area contributed by atoms with Crippen LogP contribution in [-0.2, 0) is 0 Å². The molecule has 1 aromatic heterocycles. The highest BCUT2D eigenvalue weighted by Gasteiger charge is 2.39. The van der Waals surface area contributed by atoms with E-state index in [1.54, 1.807) is 12.4 Å². The molecule has 1 aromatic carbocycles. The lowest BCUT2D eigenvalue weighted by Gasteiger charge is -2.35. The molecule has 6 nitrogen and oxygen atoms in total. The summed E-state index contributed by atoms with van der Waals surface area (Å²) in [5.74, 6) is 1.90. The van der Waals surface area contributed by atoms with E-state index in [1.165, 1.54) is 5.56 Å². The Morgan fingerprint density at radius 1 is 1.08 bits per heavy atom. The zero-order valence-corrected chi connectivity index (χ0v) is 17.4. The molecular formula is C18H22ClIN6. The van der Waals surface area contributed by atoms with Crippen LogP contribution in [0, 0.1) is 0 Å². The number of benzene rings is 1. The molecule has 0 bridgehead atoms. The molecule has 1 saturated carbocycles. The molecule has 2 heterocycles. The maximum absolute atomic E-state index is 6.24. The molecule has 0 radical (unpaired) electrons. The first-order chi connectivity index (χ1) is 12.2. The summed E-state index contributed by atoms with van der Waals surface area (Å²) in [6.45, 7) is 3.38. The Labute approximate surface area is 175 Å². The number of halogens is 2. The molecule has 8 heteroatoms. The monoisotopic (exact) mass is 484 g/mol. The number of aromatic nitrogens is 2. The van der Waals surface area contributed by atoms with E-state index in [4.69, 9.17) is 22.3 Å². The molecule has 138 valence electrons. The van der Waals surface area contributed by atoms with Gasteiger partial charge < -0.3 is 15.5 Å². The van der Waals surface area contributed by atoms with Crippen LogP contribution in [0.3, 0.4) is 0 Å². The van der Waals surface area contributed by atoms with Crippen molar-refractivity contribution in [2.24, 2.45) is 10.7 Å². The Hall–Kier alpha value is -1.61. The van der Waals surface area contributed by atoms with Gasteiger partial charge in [-0.15, -0.1) is 24.0 Å². The number of anilines is 1. The summed E-state index contributed by atoms with van der Waals surface area (Å²) >= 11 is 5.95. The topological polar surface area (TPSA) is 70.6 Å². The van der Waals surface area contributed by atoms with Crippen molar-refractivity contribution in [2.45, 2.75) is 18.4 Å². The minimum atomic E-state index is 0. The van der Waals surface area contributed by atoms with Gasteiger partial charge in [0, 0.05) is 49.5 Å². The standard InChI is InChI=1S/C18H21ClN6.HI/c19-14-4-2-13(3-5-14)15-12-16(15)23-17(20)24-8-10-25(11-9-24)18-21-6-1-7-22-18;/h1-7,15-16H,8-12H2,(H2,20,23);1H/t15-,16+;/m0./s1. The quantitative estimate of drug-likeness (QED) is 0.412. The molecule has 1 saturated heterocycles. The SMILES string of the molecule is I.NC(=N[C@@H]1C[C@H]1c1ccc(Cl)cc1)N1CCN(c2ncccn2)CC1. The summed E-state index contributed by atoms with van der Waals surface area (Å²) in [5, 5.41) is 0.768. The number of rotatable bonds is 3. The zero-order valence-electron chi connectivity index (χ0n) is 14.3. The Balaban J connectivity index is 0.00000196. The van der Waals surface area contributed by atoms with Crippen molar-refractivity contribution in [1.29, 1.82) is 0 Å². The highest BCUT2D eigenvalue weighted by molar-refractivity contribution is 14.0. The molecule has 2 aromatic rings. The first kappa shape index (κ1) is 19.2. The number of aliphatic imine (C=N–C) groups is 1. The lowest BCUT2D eigenvalue weighted by Crippen LogP contribution is -2.51. The molecule has 1 aliphatic heterocycles. The van der Waals surface area contributed by atoms with Crippen molar-refractivity contribution in [3.05, 3.63) is 53.3 Å². The third-order valence-corrected chi connectivity index (χ3v) is 5.04. The summed E-state index contributed by atoms with van der Waals surface area (Å²) in [4.78, 5) is 17.7. The molecule has 0 amide bonds. The van der Waals surface area contributed by atoms with Gasteiger partial charge in [0.1, 0.15) is 0 Å². The number of nitrogens with two attached hydrogens (primary N) is 1. The van der Waals surface area contributed by atoms with Crippen molar-refractivity contribution < 1.29 is 0 Å². The van der Waals surface area contributed by atoms with E-state index in [2.05, 4.69) is 31.9 Å². The van der Waals surface area contributed by atoms with Crippen LogP contribution < -0.4 is 10.6 Å². The molecule has 4 rings (SSSR count). The first-order valence-corrected chi connectivity index (χ1v) is 8.94. The minimum Gasteiger partial charge on any atom is -0.370 e. The van der Waals surface area contributed by atoms with E-state index >= 15 is 0 Å². The maximum atomic E-state index is 6.24. The summed E-state index contributed by atoms with van der Waals surface area (Å²) in [7, 11) is 0. The summed E-state index contributed by atoms with van der Waals surface area (Å²) < 4.78 is 0. The van der Waals surface area contributed by atoms with Crippen molar-refractivity contribution in [3.63, 3.8) is 0 Å². The molecular weight excluding hydrogens is 463 g/mol. The Morgan fingerprint density at radius 3 is 2.38 bits per heavy atom. The van der Waals surface area contributed by atoms with Gasteiger partial charge in [-0.05, 0) is 30.2 Å². The van der Waals surface area contributed by atoms with Crippen LogP contribution in [0.4, 0.5) is 5.95 Å². The lowest BCUT2D eigenvalue weighted by atomic mass is 10.1. The second kappa shape index (κ2) is 8.39. The summed E-state index contributed by atoms with van der Waals surface area (Å²) in [6, 6.07) is 10.1. The van der Waals surface area contributed by atoms with Gasteiger partial charge in [0.25, 0.3) is 0 Å². The molecule has 1 aliphatic carbocycles. The highest BCUT2D eigenvalue weighted by Crippen LogP contribution is 2.43. The number of hydrogen-bond donors (Lipinski definition) is 1. The third kappa shape index (κ3) is 4.37. The number of nitrogens with zero attached hydrogens (tertiary/aromatic N) is 5. The molecule has 2 fully saturated rings. The Morgan fingerprint density at radius 2 is 1.73 bits per heavy atom. The van der Waals surface area contributed by atoms with Gasteiger partial charge in [0.05, 0.1) is 6.04 Å². The normalized spacial score (nSPS) is 22.7. The van der Waals surface area contributed by atoms with Gasteiger partial charge >= 0.3 is 0 Å². The Bertz CT molecular complexity index is 746. The summed E-state index contributed by atoms with van der Waals surface area (Å²) in [6.07, 6.45) is 4.60. The van der Waals surface area contributed by atoms with Crippen molar-refractivity contribution in [1.82, 2.24) is 14.9 Å². The molecule has 2 N–H and O–H groups in total. The lowest BCUT2D eigenvalue weighted by molar-refractivity contribution is 0.378. The molecule has 0 unspecified atom stereocenters. The van der Waals surface area contributed by atoms with Gasteiger partial charge in [0.15, 0.2) is 5.96 Å². The fraction of sp³-hybridized carbons (Fsp3) is 0.389. The van der Waals surface area contributed by atoms with E-state index in [9.17, 15) is 0 Å². The molecule has 26 heavy (non-hydrogen) atoms. The first-order valence-electron chi connectivity index (χ1n) is 8.56. The largest absolute Gasteiger partial charge is 0.370 e. The van der Waals surface area contributed by atoms with Crippen LogP contribution in [0.15, 0.2) is 47.7 Å². The van der Waals surface area contributed by atoms with Crippen LogP contribution in [0.2, 0.25) is 5.02 Å². The van der Waals surface area contributed by atoms with Crippen molar-refractivity contribution >= 4 is 47.5 Å². The van der Waals surface area contributed by atoms with Gasteiger partial charge in [-0.3, -0.25) is 0 Å². The second-order valence-electron chi connectivity index (χ2n) is 6.47. The Kier molecular flexibility index (Phi) is 6.18. The van der Waals surface area contributed by atoms with E-state index in [1.807, 2.05) is 18.2 Å². The van der Waals surface area contributed by atoms with Crippen LogP contribution in [-0.4, -0.2) is 53.0 Å². The zero-order chi connectivity index (χ0) is 17.2. The average Bonchev–Trinajstić information content (AvgIpc) is 3.42. The fourth-order valence-electron chi connectivity index (χ4n) is 3.23. The average molecular weight is 485 g/mol. The summed E-state index contributed by atoms with van der Waals surface area (Å²) in [5.41, 5.74) is 7.53. The van der Waals surface area contributed by atoms with E-state index in [0.29, 0.717) is 11.9 Å². The van der Waals surface area contributed by atoms with Crippen LogP contribution >= 0.6 is 35.6 Å². The number of piperazine rings is 1. The fourth-order valence-corrected chi connectivity index (χ4v) is 3.36. The van der Waals surface area contributed by atoms with Crippen molar-refractivity contribution in [2.75, 3.05) is 31.1 Å². The number of hydrogen-bond acceptors (Lipinski definition) is 4. The van der Waals surface area contributed by atoms with E-state index < -0.39 is 0 Å². The molecule has 2 atom stereocenters. The smallest absolute Gasteiger partial charge is 0.225 e. The second-order valence-corrected chi connectivity index (χ2v) is 6.91. The van der Waals surface area contributed by atoms with Gasteiger partial charge in [0.2, 0.25) is 5.95 Å². The molecule has 0 spiro atoms. The van der Waals surface area contributed by atoms with E-state index in [0.717, 1.165) is 43.6 Å². The predicted octanol–water partition coefficient (Wildman–Crippen LogP) is 2.74. The van der Waals surface area contributed by atoms with Crippen molar-refractivity contribution in [3.8, 4) is 0 Å². The molecule has 2 aliphatic rings. The highest BCUT2D eigenvalue weighted by atomic mass is 127. The maximum Gasteiger partial charge on any atom is 0.225 e. The van der Waals surface area contributed by atoms with Gasteiger partial charge in [-0.2, -0.15) is 0 Å².